The molecular weight excluding hydrogens is 324 g/mol. The SMILES string of the molecule is CCC(=O)Nc1cccc(NC(=O)c2ccoc2Br)c1. The highest BCUT2D eigenvalue weighted by Crippen LogP contribution is 2.20. The van der Waals surface area contributed by atoms with Crippen molar-refractivity contribution in [3.63, 3.8) is 0 Å². The summed E-state index contributed by atoms with van der Waals surface area (Å²) in [6.45, 7) is 1.78. The van der Waals surface area contributed by atoms with Crippen LogP contribution in [0, 0.1) is 0 Å². The van der Waals surface area contributed by atoms with E-state index in [2.05, 4.69) is 26.6 Å². The molecule has 0 bridgehead atoms. The topological polar surface area (TPSA) is 71.3 Å². The zero-order chi connectivity index (χ0) is 14.5. The van der Waals surface area contributed by atoms with Crippen LogP contribution in [-0.2, 0) is 4.79 Å². The fraction of sp³-hybridized carbons (Fsp3) is 0.143. The van der Waals surface area contributed by atoms with Gasteiger partial charge in [0.15, 0.2) is 4.67 Å². The average Bonchev–Trinajstić information content (AvgIpc) is 2.85. The largest absolute Gasteiger partial charge is 0.457 e. The molecule has 0 aliphatic rings. The van der Waals surface area contributed by atoms with Crippen molar-refractivity contribution in [2.75, 3.05) is 10.6 Å². The third kappa shape index (κ3) is 3.48. The van der Waals surface area contributed by atoms with E-state index < -0.39 is 0 Å². The summed E-state index contributed by atoms with van der Waals surface area (Å²) in [5.41, 5.74) is 1.64. The van der Waals surface area contributed by atoms with E-state index in [4.69, 9.17) is 4.42 Å². The molecule has 0 atom stereocenters. The first-order valence-electron chi connectivity index (χ1n) is 6.04. The number of furan rings is 1. The Morgan fingerprint density at radius 2 is 1.90 bits per heavy atom. The Balaban J connectivity index is 2.10. The molecule has 1 heterocycles. The molecule has 20 heavy (non-hydrogen) atoms. The smallest absolute Gasteiger partial charge is 0.260 e. The number of halogens is 1. The maximum Gasteiger partial charge on any atom is 0.260 e. The van der Waals surface area contributed by atoms with Crippen molar-refractivity contribution < 1.29 is 14.0 Å². The van der Waals surface area contributed by atoms with Gasteiger partial charge in [0.1, 0.15) is 0 Å². The number of hydrogen-bond donors (Lipinski definition) is 2. The van der Waals surface area contributed by atoms with Gasteiger partial charge in [-0.1, -0.05) is 13.0 Å². The second kappa shape index (κ2) is 6.38. The molecule has 2 rings (SSSR count). The van der Waals surface area contributed by atoms with Gasteiger partial charge in [0, 0.05) is 17.8 Å². The fourth-order valence-electron chi connectivity index (χ4n) is 1.58. The number of carbonyl (C=O) groups excluding carboxylic acids is 2. The van der Waals surface area contributed by atoms with E-state index in [9.17, 15) is 9.59 Å². The number of nitrogens with one attached hydrogen (secondary N) is 2. The van der Waals surface area contributed by atoms with Crippen LogP contribution in [0.1, 0.15) is 23.7 Å². The summed E-state index contributed by atoms with van der Waals surface area (Å²) in [5, 5.41) is 5.47. The van der Waals surface area contributed by atoms with Crippen LogP contribution in [0.4, 0.5) is 11.4 Å². The van der Waals surface area contributed by atoms with E-state index in [1.54, 1.807) is 37.3 Å². The predicted molar refractivity (Wildman–Crippen MR) is 79.7 cm³/mol. The van der Waals surface area contributed by atoms with Crippen LogP contribution in [0.25, 0.3) is 0 Å². The molecule has 0 fully saturated rings. The Kier molecular flexibility index (Phi) is 4.57. The minimum atomic E-state index is -0.287. The monoisotopic (exact) mass is 336 g/mol. The van der Waals surface area contributed by atoms with Gasteiger partial charge in [-0.2, -0.15) is 0 Å². The predicted octanol–water partition coefficient (Wildman–Crippen LogP) is 3.64. The Morgan fingerprint density at radius 1 is 1.20 bits per heavy atom. The third-order valence-electron chi connectivity index (χ3n) is 2.59. The van der Waals surface area contributed by atoms with Crippen molar-refractivity contribution in [1.82, 2.24) is 0 Å². The lowest BCUT2D eigenvalue weighted by Gasteiger charge is -2.07. The van der Waals surface area contributed by atoms with Gasteiger partial charge >= 0.3 is 0 Å². The molecular formula is C14H13BrN2O3. The Bertz CT molecular complexity index is 637. The van der Waals surface area contributed by atoms with Crippen LogP contribution < -0.4 is 10.6 Å². The third-order valence-corrected chi connectivity index (χ3v) is 3.20. The van der Waals surface area contributed by atoms with Gasteiger partial charge in [0.05, 0.1) is 11.8 Å². The molecule has 0 radical (unpaired) electrons. The number of carbonyl (C=O) groups is 2. The highest BCUT2D eigenvalue weighted by molar-refractivity contribution is 9.10. The van der Waals surface area contributed by atoms with Crippen molar-refractivity contribution >= 4 is 39.1 Å². The highest BCUT2D eigenvalue weighted by atomic mass is 79.9. The van der Waals surface area contributed by atoms with Gasteiger partial charge < -0.3 is 15.1 Å². The molecule has 0 aliphatic carbocycles. The van der Waals surface area contributed by atoms with Crippen LogP contribution in [-0.4, -0.2) is 11.8 Å². The molecule has 6 heteroatoms. The molecule has 1 aromatic heterocycles. The highest BCUT2D eigenvalue weighted by Gasteiger charge is 2.12. The van der Waals surface area contributed by atoms with E-state index in [1.807, 2.05) is 0 Å². The number of rotatable bonds is 4. The Hall–Kier alpha value is -2.08. The molecule has 5 nitrogen and oxygen atoms in total. The van der Waals surface area contributed by atoms with E-state index >= 15 is 0 Å². The lowest BCUT2D eigenvalue weighted by Crippen LogP contribution is -2.13. The molecule has 0 saturated carbocycles. The Labute approximate surface area is 124 Å². The number of benzene rings is 1. The number of hydrogen-bond acceptors (Lipinski definition) is 3. The molecule has 0 saturated heterocycles. The number of amides is 2. The molecule has 2 N–H and O–H groups in total. The van der Waals surface area contributed by atoms with Gasteiger partial charge in [-0.3, -0.25) is 9.59 Å². The molecule has 2 aromatic rings. The quantitative estimate of drug-likeness (QED) is 0.895. The minimum absolute atomic E-state index is 0.0777. The minimum Gasteiger partial charge on any atom is -0.457 e. The van der Waals surface area contributed by atoms with Crippen molar-refractivity contribution in [3.05, 3.63) is 46.8 Å². The second-order valence-electron chi connectivity index (χ2n) is 4.04. The normalized spacial score (nSPS) is 10.1. The lowest BCUT2D eigenvalue weighted by atomic mass is 10.2. The summed E-state index contributed by atoms with van der Waals surface area (Å²) < 4.78 is 5.39. The van der Waals surface area contributed by atoms with Gasteiger partial charge in [0.2, 0.25) is 5.91 Å². The molecule has 2 amide bonds. The van der Waals surface area contributed by atoms with Gasteiger partial charge in [0.25, 0.3) is 5.91 Å². The lowest BCUT2D eigenvalue weighted by molar-refractivity contribution is -0.115. The van der Waals surface area contributed by atoms with Crippen LogP contribution in [0.15, 0.2) is 45.7 Å². The molecule has 0 aliphatic heterocycles. The summed E-state index contributed by atoms with van der Waals surface area (Å²) in [4.78, 5) is 23.3. The van der Waals surface area contributed by atoms with E-state index in [0.29, 0.717) is 28.0 Å². The summed E-state index contributed by atoms with van der Waals surface area (Å²) >= 11 is 3.15. The van der Waals surface area contributed by atoms with Gasteiger partial charge in [-0.25, -0.2) is 0 Å². The summed E-state index contributed by atoms with van der Waals surface area (Å²) in [6.07, 6.45) is 1.83. The van der Waals surface area contributed by atoms with Crippen LogP contribution in [0.2, 0.25) is 0 Å². The average molecular weight is 337 g/mol. The van der Waals surface area contributed by atoms with Crippen LogP contribution >= 0.6 is 15.9 Å². The number of anilines is 2. The van der Waals surface area contributed by atoms with E-state index in [1.165, 1.54) is 6.26 Å². The van der Waals surface area contributed by atoms with Crippen molar-refractivity contribution in [1.29, 1.82) is 0 Å². The molecule has 0 spiro atoms. The standard InChI is InChI=1S/C14H13BrN2O3/c1-2-12(18)16-9-4-3-5-10(8-9)17-14(19)11-6-7-20-13(11)15/h3-8H,2H2,1H3,(H,16,18)(H,17,19). The van der Waals surface area contributed by atoms with Gasteiger partial charge in [-0.05, 0) is 40.2 Å². The molecule has 104 valence electrons. The summed E-state index contributed by atoms with van der Waals surface area (Å²) in [7, 11) is 0. The molecule has 0 unspecified atom stereocenters. The van der Waals surface area contributed by atoms with Crippen molar-refractivity contribution in [3.8, 4) is 0 Å². The zero-order valence-electron chi connectivity index (χ0n) is 10.8. The first-order chi connectivity index (χ1) is 9.60. The first-order valence-corrected chi connectivity index (χ1v) is 6.83. The maximum atomic E-state index is 12.0. The summed E-state index contributed by atoms with van der Waals surface area (Å²) in [6, 6.07) is 8.53. The van der Waals surface area contributed by atoms with E-state index in [0.717, 1.165) is 0 Å². The van der Waals surface area contributed by atoms with Crippen LogP contribution in [0.5, 0.6) is 0 Å². The Morgan fingerprint density at radius 3 is 2.50 bits per heavy atom. The van der Waals surface area contributed by atoms with E-state index in [-0.39, 0.29) is 11.8 Å². The van der Waals surface area contributed by atoms with Crippen molar-refractivity contribution in [2.45, 2.75) is 13.3 Å². The second-order valence-corrected chi connectivity index (χ2v) is 4.76. The first kappa shape index (κ1) is 14.3. The van der Waals surface area contributed by atoms with Crippen LogP contribution in [0.3, 0.4) is 0 Å². The maximum absolute atomic E-state index is 12.0. The van der Waals surface area contributed by atoms with Crippen molar-refractivity contribution in [2.24, 2.45) is 0 Å². The fourth-order valence-corrected chi connectivity index (χ4v) is 2.00. The zero-order valence-corrected chi connectivity index (χ0v) is 12.4. The molecule has 1 aromatic carbocycles. The summed E-state index contributed by atoms with van der Waals surface area (Å²) in [5.74, 6) is -0.365. The van der Waals surface area contributed by atoms with Gasteiger partial charge in [-0.15, -0.1) is 0 Å².